The van der Waals surface area contributed by atoms with E-state index >= 15 is 0 Å². The highest BCUT2D eigenvalue weighted by Gasteiger charge is 2.17. The number of nitrogens with one attached hydrogen (secondary N) is 2. The van der Waals surface area contributed by atoms with Gasteiger partial charge in [-0.2, -0.15) is 0 Å². The Morgan fingerprint density at radius 1 is 1.11 bits per heavy atom. The number of ether oxygens (including phenoxy) is 1. The lowest BCUT2D eigenvalue weighted by Crippen LogP contribution is -2.49. The fourth-order valence-corrected chi connectivity index (χ4v) is 3.32. The first-order valence-electron chi connectivity index (χ1n) is 10.3. The topological polar surface area (TPSA) is 52.1 Å². The van der Waals surface area contributed by atoms with E-state index in [4.69, 9.17) is 4.74 Å². The van der Waals surface area contributed by atoms with Crippen molar-refractivity contribution in [1.29, 1.82) is 0 Å². The molecule has 1 aliphatic rings. The van der Waals surface area contributed by atoms with Crippen molar-refractivity contribution in [3.8, 4) is 5.75 Å². The maximum absolute atomic E-state index is 13.7. The smallest absolute Gasteiger partial charge is 0.191 e. The van der Waals surface area contributed by atoms with Crippen LogP contribution in [0.5, 0.6) is 5.75 Å². The number of para-hydroxylation sites is 1. The number of halogens is 1. The molecule has 1 fully saturated rings. The zero-order valence-corrected chi connectivity index (χ0v) is 17.7. The highest BCUT2D eigenvalue weighted by molar-refractivity contribution is 5.79. The molecule has 0 amide bonds. The predicted octanol–water partition coefficient (Wildman–Crippen LogP) is 2.03. The van der Waals surface area contributed by atoms with Crippen LogP contribution >= 0.6 is 0 Å². The monoisotopic (exact) mass is 393 g/mol. The van der Waals surface area contributed by atoms with Gasteiger partial charge in [-0.25, -0.2) is 4.39 Å². The third-order valence-corrected chi connectivity index (χ3v) is 5.05. The van der Waals surface area contributed by atoms with Gasteiger partial charge in [0.2, 0.25) is 0 Å². The molecule has 0 bridgehead atoms. The van der Waals surface area contributed by atoms with Gasteiger partial charge in [0.1, 0.15) is 6.10 Å². The number of aliphatic imine (C=N–C) groups is 1. The van der Waals surface area contributed by atoms with E-state index in [0.29, 0.717) is 12.5 Å². The molecule has 2 atom stereocenters. The third kappa shape index (κ3) is 7.64. The molecule has 1 saturated heterocycles. The van der Waals surface area contributed by atoms with Gasteiger partial charge in [0.15, 0.2) is 17.5 Å². The molecule has 2 unspecified atom stereocenters. The summed E-state index contributed by atoms with van der Waals surface area (Å²) in [5, 5.41) is 6.63. The summed E-state index contributed by atoms with van der Waals surface area (Å²) < 4.78 is 19.3. The van der Waals surface area contributed by atoms with Gasteiger partial charge in [0.25, 0.3) is 0 Å². The Balaban J connectivity index is 1.66. The molecule has 0 aliphatic carbocycles. The zero-order chi connectivity index (χ0) is 20.4. The molecule has 28 heavy (non-hydrogen) atoms. The molecule has 0 spiro atoms. The van der Waals surface area contributed by atoms with E-state index in [9.17, 15) is 4.39 Å². The van der Waals surface area contributed by atoms with Crippen molar-refractivity contribution in [2.24, 2.45) is 10.9 Å². The van der Waals surface area contributed by atoms with E-state index in [2.05, 4.69) is 39.3 Å². The molecule has 7 heteroatoms. The van der Waals surface area contributed by atoms with Gasteiger partial charge >= 0.3 is 0 Å². The lowest BCUT2D eigenvalue weighted by Gasteiger charge is -2.35. The molecule has 1 aromatic carbocycles. The summed E-state index contributed by atoms with van der Waals surface area (Å²) in [6.45, 7) is 14.7. The molecule has 0 aromatic heterocycles. The van der Waals surface area contributed by atoms with E-state index in [1.807, 2.05) is 6.92 Å². The summed E-state index contributed by atoms with van der Waals surface area (Å²) in [4.78, 5) is 9.31. The van der Waals surface area contributed by atoms with Crippen LogP contribution in [0.2, 0.25) is 0 Å². The van der Waals surface area contributed by atoms with Gasteiger partial charge in [-0.15, -0.1) is 0 Å². The SMILES string of the molecule is CCN1CCN(CC(C)CNC(=NC)NCC(C)Oc2ccccc2F)CC1. The summed E-state index contributed by atoms with van der Waals surface area (Å²) in [5.74, 6) is 1.20. The molecular weight excluding hydrogens is 357 g/mol. The Morgan fingerprint density at radius 2 is 1.75 bits per heavy atom. The van der Waals surface area contributed by atoms with Gasteiger partial charge in [0.05, 0.1) is 6.54 Å². The van der Waals surface area contributed by atoms with E-state index < -0.39 is 0 Å². The van der Waals surface area contributed by atoms with Crippen LogP contribution in [0.1, 0.15) is 20.8 Å². The predicted molar refractivity (Wildman–Crippen MR) is 114 cm³/mol. The van der Waals surface area contributed by atoms with Crippen molar-refractivity contribution < 1.29 is 9.13 Å². The van der Waals surface area contributed by atoms with Crippen LogP contribution < -0.4 is 15.4 Å². The quantitative estimate of drug-likeness (QED) is 0.497. The van der Waals surface area contributed by atoms with Crippen LogP contribution in [-0.4, -0.2) is 81.3 Å². The van der Waals surface area contributed by atoms with E-state index in [-0.39, 0.29) is 17.7 Å². The maximum atomic E-state index is 13.7. The van der Waals surface area contributed by atoms with Crippen LogP contribution in [0.15, 0.2) is 29.3 Å². The third-order valence-electron chi connectivity index (χ3n) is 5.05. The van der Waals surface area contributed by atoms with Crippen LogP contribution in [0.4, 0.5) is 4.39 Å². The molecular formula is C21H36FN5O. The summed E-state index contributed by atoms with van der Waals surface area (Å²) in [6.07, 6.45) is -0.178. The molecule has 1 aliphatic heterocycles. The number of piperazine rings is 1. The molecule has 158 valence electrons. The number of hydrogen-bond donors (Lipinski definition) is 2. The van der Waals surface area contributed by atoms with Crippen LogP contribution in [0, 0.1) is 11.7 Å². The average molecular weight is 394 g/mol. The first kappa shape index (κ1) is 22.4. The fraction of sp³-hybridized carbons (Fsp3) is 0.667. The van der Waals surface area contributed by atoms with Gasteiger partial charge in [-0.1, -0.05) is 26.0 Å². The summed E-state index contributed by atoms with van der Waals surface area (Å²) >= 11 is 0. The lowest BCUT2D eigenvalue weighted by atomic mass is 10.1. The van der Waals surface area contributed by atoms with E-state index in [1.54, 1.807) is 25.2 Å². The molecule has 0 radical (unpaired) electrons. The second-order valence-electron chi connectivity index (χ2n) is 7.53. The fourth-order valence-electron chi connectivity index (χ4n) is 3.32. The van der Waals surface area contributed by atoms with Crippen molar-refractivity contribution >= 4 is 5.96 Å². The second kappa shape index (κ2) is 11.9. The van der Waals surface area contributed by atoms with Gasteiger partial charge in [-0.3, -0.25) is 4.99 Å². The molecule has 0 saturated carbocycles. The normalized spacial score (nSPS) is 18.5. The number of rotatable bonds is 9. The number of hydrogen-bond acceptors (Lipinski definition) is 4. The summed E-state index contributed by atoms with van der Waals surface area (Å²) in [7, 11) is 1.76. The maximum Gasteiger partial charge on any atom is 0.191 e. The molecule has 1 aromatic rings. The van der Waals surface area contributed by atoms with Crippen molar-refractivity contribution in [3.63, 3.8) is 0 Å². The Hall–Kier alpha value is -1.86. The summed E-state index contributed by atoms with van der Waals surface area (Å²) in [5.41, 5.74) is 0. The Kier molecular flexibility index (Phi) is 9.50. The van der Waals surface area contributed by atoms with Crippen LogP contribution in [0.25, 0.3) is 0 Å². The highest BCUT2D eigenvalue weighted by Crippen LogP contribution is 2.16. The Morgan fingerprint density at radius 3 is 2.39 bits per heavy atom. The van der Waals surface area contributed by atoms with Crippen molar-refractivity contribution in [2.45, 2.75) is 26.9 Å². The van der Waals surface area contributed by atoms with Crippen molar-refractivity contribution in [3.05, 3.63) is 30.1 Å². The number of benzene rings is 1. The molecule has 6 nitrogen and oxygen atoms in total. The number of nitrogens with zero attached hydrogens (tertiary/aromatic N) is 3. The number of likely N-dealkylation sites (N-methyl/N-ethyl adjacent to an activating group) is 1. The minimum Gasteiger partial charge on any atom is -0.486 e. The standard InChI is InChI=1S/C21H36FN5O/c1-5-26-10-12-27(13-11-26)16-17(2)14-24-21(23-4)25-15-18(3)28-20-9-7-6-8-19(20)22/h6-9,17-18H,5,10-16H2,1-4H3,(H2,23,24,25). The second-order valence-corrected chi connectivity index (χ2v) is 7.53. The van der Waals surface area contributed by atoms with Crippen molar-refractivity contribution in [1.82, 2.24) is 20.4 Å². The van der Waals surface area contributed by atoms with Crippen molar-refractivity contribution in [2.75, 3.05) is 59.4 Å². The first-order valence-corrected chi connectivity index (χ1v) is 10.3. The van der Waals surface area contributed by atoms with Crippen LogP contribution in [-0.2, 0) is 0 Å². The molecule has 2 N–H and O–H groups in total. The highest BCUT2D eigenvalue weighted by atomic mass is 19.1. The van der Waals surface area contributed by atoms with Crippen LogP contribution in [0.3, 0.4) is 0 Å². The summed E-state index contributed by atoms with van der Waals surface area (Å²) in [6, 6.07) is 6.46. The first-order chi connectivity index (χ1) is 13.5. The average Bonchev–Trinajstić information content (AvgIpc) is 2.70. The zero-order valence-electron chi connectivity index (χ0n) is 17.7. The van der Waals surface area contributed by atoms with E-state index in [1.165, 1.54) is 19.2 Å². The minimum atomic E-state index is -0.342. The largest absolute Gasteiger partial charge is 0.486 e. The van der Waals surface area contributed by atoms with Gasteiger partial charge in [0, 0.05) is 46.3 Å². The molecule has 1 heterocycles. The lowest BCUT2D eigenvalue weighted by molar-refractivity contribution is 0.124. The molecule has 2 rings (SSSR count). The van der Waals surface area contributed by atoms with Gasteiger partial charge < -0.3 is 25.2 Å². The van der Waals surface area contributed by atoms with Gasteiger partial charge in [-0.05, 0) is 31.5 Å². The Bertz CT molecular complexity index is 604. The minimum absolute atomic E-state index is 0.178. The number of guanidine groups is 1. The Labute approximate surface area is 169 Å². The van der Waals surface area contributed by atoms with E-state index in [0.717, 1.165) is 38.7 Å².